The monoisotopic (exact) mass is 254 g/mol. The van der Waals surface area contributed by atoms with E-state index in [4.69, 9.17) is 0 Å². The van der Waals surface area contributed by atoms with E-state index >= 15 is 0 Å². The molecular weight excluding hydrogens is 220 g/mol. The summed E-state index contributed by atoms with van der Waals surface area (Å²) in [7, 11) is 0. The fourth-order valence-corrected chi connectivity index (χ4v) is 3.14. The van der Waals surface area contributed by atoms with Crippen LogP contribution in [0.5, 0.6) is 0 Å². The van der Waals surface area contributed by atoms with Gasteiger partial charge in [-0.1, -0.05) is 40.5 Å². The molecule has 1 heterocycles. The third kappa shape index (κ3) is 4.89. The molecule has 0 spiro atoms. The minimum absolute atomic E-state index is 0.369. The summed E-state index contributed by atoms with van der Waals surface area (Å²) in [5, 5.41) is 3.58. The standard InChI is InChI=1S/C16H34N2/c1-6-8-15-9-11-18(12-10-15)13-16(4,5)14(3)17-7-2/h14-15,17H,6-13H2,1-5H3. The highest BCUT2D eigenvalue weighted by atomic mass is 15.1. The molecule has 1 unspecified atom stereocenters. The van der Waals surface area contributed by atoms with Crippen LogP contribution in [-0.4, -0.2) is 37.1 Å². The van der Waals surface area contributed by atoms with Crippen LogP contribution in [0.4, 0.5) is 0 Å². The van der Waals surface area contributed by atoms with Crippen molar-refractivity contribution in [3.05, 3.63) is 0 Å². The molecule has 0 saturated carbocycles. The van der Waals surface area contributed by atoms with Crippen LogP contribution in [0.2, 0.25) is 0 Å². The van der Waals surface area contributed by atoms with E-state index in [-0.39, 0.29) is 0 Å². The lowest BCUT2D eigenvalue weighted by molar-refractivity contribution is 0.105. The van der Waals surface area contributed by atoms with Crippen molar-refractivity contribution in [1.29, 1.82) is 0 Å². The van der Waals surface area contributed by atoms with E-state index in [0.29, 0.717) is 11.5 Å². The van der Waals surface area contributed by atoms with Crippen LogP contribution in [0, 0.1) is 11.3 Å². The molecule has 0 bridgehead atoms. The highest BCUT2D eigenvalue weighted by Crippen LogP contribution is 2.27. The first kappa shape index (κ1) is 16.0. The summed E-state index contributed by atoms with van der Waals surface area (Å²) in [6.07, 6.45) is 5.62. The number of rotatable bonds is 7. The Morgan fingerprint density at radius 3 is 2.33 bits per heavy atom. The summed E-state index contributed by atoms with van der Waals surface area (Å²) in [5.41, 5.74) is 0.369. The van der Waals surface area contributed by atoms with Crippen molar-refractivity contribution in [2.45, 2.75) is 66.3 Å². The molecule has 18 heavy (non-hydrogen) atoms. The van der Waals surface area contributed by atoms with Crippen LogP contribution in [0.25, 0.3) is 0 Å². The van der Waals surface area contributed by atoms with Crippen molar-refractivity contribution in [2.24, 2.45) is 11.3 Å². The second-order valence-corrected chi connectivity index (χ2v) is 6.78. The molecular formula is C16H34N2. The largest absolute Gasteiger partial charge is 0.314 e. The van der Waals surface area contributed by atoms with Gasteiger partial charge in [-0.25, -0.2) is 0 Å². The molecule has 1 fully saturated rings. The Morgan fingerprint density at radius 2 is 1.83 bits per heavy atom. The Kier molecular flexibility index (Phi) is 6.65. The molecule has 2 nitrogen and oxygen atoms in total. The van der Waals surface area contributed by atoms with Crippen molar-refractivity contribution in [3.8, 4) is 0 Å². The second kappa shape index (κ2) is 7.49. The predicted molar refractivity (Wildman–Crippen MR) is 81.0 cm³/mol. The van der Waals surface area contributed by atoms with Crippen molar-refractivity contribution in [2.75, 3.05) is 26.2 Å². The van der Waals surface area contributed by atoms with E-state index in [1.165, 1.54) is 45.3 Å². The van der Waals surface area contributed by atoms with Crippen LogP contribution in [0.15, 0.2) is 0 Å². The van der Waals surface area contributed by atoms with Crippen LogP contribution >= 0.6 is 0 Å². The molecule has 1 N–H and O–H groups in total. The Labute approximate surface area is 115 Å². The third-order valence-corrected chi connectivity index (χ3v) is 4.72. The van der Waals surface area contributed by atoms with E-state index in [0.717, 1.165) is 12.5 Å². The summed E-state index contributed by atoms with van der Waals surface area (Å²) >= 11 is 0. The molecule has 1 atom stereocenters. The van der Waals surface area contributed by atoms with E-state index in [2.05, 4.69) is 44.8 Å². The lowest BCUT2D eigenvalue weighted by Crippen LogP contribution is -2.48. The highest BCUT2D eigenvalue weighted by molar-refractivity contribution is 4.85. The molecule has 2 heteroatoms. The highest BCUT2D eigenvalue weighted by Gasteiger charge is 2.29. The van der Waals surface area contributed by atoms with Gasteiger partial charge in [0.25, 0.3) is 0 Å². The van der Waals surface area contributed by atoms with Crippen LogP contribution in [-0.2, 0) is 0 Å². The Balaban J connectivity index is 2.35. The minimum atomic E-state index is 0.369. The van der Waals surface area contributed by atoms with E-state index in [9.17, 15) is 0 Å². The molecule has 1 aliphatic heterocycles. The fourth-order valence-electron chi connectivity index (χ4n) is 3.14. The zero-order valence-electron chi connectivity index (χ0n) is 13.3. The topological polar surface area (TPSA) is 15.3 Å². The SMILES string of the molecule is CCCC1CCN(CC(C)(C)C(C)NCC)CC1. The molecule has 1 rings (SSSR count). The van der Waals surface area contributed by atoms with Gasteiger partial charge in [-0.15, -0.1) is 0 Å². The average Bonchev–Trinajstić information content (AvgIpc) is 2.32. The molecule has 0 radical (unpaired) electrons. The lowest BCUT2D eigenvalue weighted by atomic mass is 9.83. The first-order valence-electron chi connectivity index (χ1n) is 7.95. The third-order valence-electron chi connectivity index (χ3n) is 4.72. The first-order valence-corrected chi connectivity index (χ1v) is 7.95. The minimum Gasteiger partial charge on any atom is -0.314 e. The zero-order chi connectivity index (χ0) is 13.6. The summed E-state index contributed by atoms with van der Waals surface area (Å²) in [4.78, 5) is 2.68. The first-order chi connectivity index (χ1) is 8.49. The number of piperidine rings is 1. The molecule has 1 aliphatic rings. The Bertz CT molecular complexity index is 217. The number of hydrogen-bond donors (Lipinski definition) is 1. The Morgan fingerprint density at radius 1 is 1.22 bits per heavy atom. The van der Waals surface area contributed by atoms with Gasteiger partial charge in [0.2, 0.25) is 0 Å². The van der Waals surface area contributed by atoms with Crippen molar-refractivity contribution in [3.63, 3.8) is 0 Å². The molecule has 0 aromatic carbocycles. The van der Waals surface area contributed by atoms with E-state index in [1.807, 2.05) is 0 Å². The smallest absolute Gasteiger partial charge is 0.0102 e. The van der Waals surface area contributed by atoms with Gasteiger partial charge in [-0.05, 0) is 50.7 Å². The normalized spacial score (nSPS) is 21.2. The van der Waals surface area contributed by atoms with Gasteiger partial charge in [0.1, 0.15) is 0 Å². The zero-order valence-corrected chi connectivity index (χ0v) is 13.3. The average molecular weight is 254 g/mol. The van der Waals surface area contributed by atoms with Gasteiger partial charge in [0.15, 0.2) is 0 Å². The predicted octanol–water partition coefficient (Wildman–Crippen LogP) is 3.52. The van der Waals surface area contributed by atoms with Gasteiger partial charge in [-0.3, -0.25) is 0 Å². The number of likely N-dealkylation sites (tertiary alicyclic amines) is 1. The number of hydrogen-bond acceptors (Lipinski definition) is 2. The molecule has 108 valence electrons. The van der Waals surface area contributed by atoms with Crippen molar-refractivity contribution < 1.29 is 0 Å². The van der Waals surface area contributed by atoms with Gasteiger partial charge >= 0.3 is 0 Å². The Hall–Kier alpha value is -0.0800. The van der Waals surface area contributed by atoms with Gasteiger partial charge in [-0.2, -0.15) is 0 Å². The summed E-state index contributed by atoms with van der Waals surface area (Å²) in [6, 6.07) is 0.593. The van der Waals surface area contributed by atoms with Crippen molar-refractivity contribution in [1.82, 2.24) is 10.2 Å². The molecule has 1 saturated heterocycles. The number of nitrogens with one attached hydrogen (secondary N) is 1. The van der Waals surface area contributed by atoms with Gasteiger partial charge < -0.3 is 10.2 Å². The summed E-state index contributed by atoms with van der Waals surface area (Å²) < 4.78 is 0. The maximum Gasteiger partial charge on any atom is 0.0102 e. The van der Waals surface area contributed by atoms with Crippen LogP contribution in [0.1, 0.15) is 60.3 Å². The maximum atomic E-state index is 3.58. The molecule has 0 aromatic heterocycles. The van der Waals surface area contributed by atoms with Crippen molar-refractivity contribution >= 4 is 0 Å². The fraction of sp³-hybridized carbons (Fsp3) is 1.00. The molecule has 0 aliphatic carbocycles. The quantitative estimate of drug-likeness (QED) is 0.748. The van der Waals surface area contributed by atoms with Gasteiger partial charge in [0.05, 0.1) is 0 Å². The van der Waals surface area contributed by atoms with Crippen LogP contribution < -0.4 is 5.32 Å². The van der Waals surface area contributed by atoms with E-state index < -0.39 is 0 Å². The van der Waals surface area contributed by atoms with Gasteiger partial charge in [0, 0.05) is 12.6 Å². The maximum absolute atomic E-state index is 3.58. The summed E-state index contributed by atoms with van der Waals surface area (Å²) in [5.74, 6) is 1.00. The van der Waals surface area contributed by atoms with E-state index in [1.54, 1.807) is 0 Å². The van der Waals surface area contributed by atoms with Crippen LogP contribution in [0.3, 0.4) is 0 Å². The molecule has 0 amide bonds. The lowest BCUT2D eigenvalue weighted by Gasteiger charge is -2.40. The second-order valence-electron chi connectivity index (χ2n) is 6.78. The number of nitrogens with zero attached hydrogens (tertiary/aromatic N) is 1. The molecule has 0 aromatic rings. The summed E-state index contributed by atoms with van der Waals surface area (Å²) in [6.45, 7) is 16.6.